The quantitative estimate of drug-likeness (QED) is 0.804. The maximum atomic E-state index is 12.9. The fourth-order valence-corrected chi connectivity index (χ4v) is 1.90. The van der Waals surface area contributed by atoms with Crippen molar-refractivity contribution in [3.8, 4) is 0 Å². The molecule has 0 spiro atoms. The largest absolute Gasteiger partial charge is 0.383 e. The normalized spacial score (nSPS) is 10.4. The van der Waals surface area contributed by atoms with Crippen molar-refractivity contribution in [3.63, 3.8) is 0 Å². The van der Waals surface area contributed by atoms with Crippen LogP contribution in [0, 0.1) is 5.82 Å². The summed E-state index contributed by atoms with van der Waals surface area (Å²) in [7, 11) is 0. The Bertz CT molecular complexity index is 516. The Morgan fingerprint density at radius 2 is 1.89 bits per heavy atom. The molecule has 0 aliphatic heterocycles. The summed E-state index contributed by atoms with van der Waals surface area (Å²) < 4.78 is 19.5. The average Bonchev–Trinajstić information content (AvgIpc) is 2.41. The number of hydrogen-bond donors (Lipinski definition) is 1. The van der Waals surface area contributed by atoms with E-state index in [4.69, 9.17) is 4.74 Å². The van der Waals surface area contributed by atoms with Gasteiger partial charge in [0.2, 0.25) is 0 Å². The highest BCUT2D eigenvalue weighted by Gasteiger charge is 1.95. The standard InChI is InChI=1S/C15H15BrFNO/c16-13-6-4-12(5-7-13)11-19-9-8-18-15-3-1-2-14(17)10-15/h1-7,10,18H,8-9,11H2. The van der Waals surface area contributed by atoms with Gasteiger partial charge in [0.05, 0.1) is 13.2 Å². The molecule has 4 heteroatoms. The fourth-order valence-electron chi connectivity index (χ4n) is 1.64. The van der Waals surface area contributed by atoms with E-state index in [2.05, 4.69) is 21.2 Å². The molecule has 0 amide bonds. The van der Waals surface area contributed by atoms with Crippen molar-refractivity contribution in [1.29, 1.82) is 0 Å². The van der Waals surface area contributed by atoms with Gasteiger partial charge in [0.15, 0.2) is 0 Å². The molecule has 0 atom stereocenters. The third kappa shape index (κ3) is 5.01. The minimum atomic E-state index is -0.235. The Morgan fingerprint density at radius 1 is 1.11 bits per heavy atom. The van der Waals surface area contributed by atoms with Crippen molar-refractivity contribution < 1.29 is 9.13 Å². The molecule has 0 aliphatic carbocycles. The first kappa shape index (κ1) is 14.0. The predicted octanol–water partition coefficient (Wildman–Crippen LogP) is 4.22. The molecule has 0 aromatic heterocycles. The van der Waals surface area contributed by atoms with E-state index in [0.717, 1.165) is 15.7 Å². The van der Waals surface area contributed by atoms with Crippen LogP contribution < -0.4 is 5.32 Å². The lowest BCUT2D eigenvalue weighted by Crippen LogP contribution is -2.09. The van der Waals surface area contributed by atoms with Gasteiger partial charge in [0, 0.05) is 16.7 Å². The number of halogens is 2. The molecule has 100 valence electrons. The maximum Gasteiger partial charge on any atom is 0.125 e. The number of hydrogen-bond acceptors (Lipinski definition) is 2. The molecular weight excluding hydrogens is 309 g/mol. The molecule has 1 N–H and O–H groups in total. The van der Waals surface area contributed by atoms with Gasteiger partial charge in [-0.1, -0.05) is 34.1 Å². The van der Waals surface area contributed by atoms with Crippen LogP contribution in [0.5, 0.6) is 0 Å². The lowest BCUT2D eigenvalue weighted by molar-refractivity contribution is 0.130. The van der Waals surface area contributed by atoms with Crippen LogP contribution in [0.25, 0.3) is 0 Å². The van der Waals surface area contributed by atoms with Crippen LogP contribution >= 0.6 is 15.9 Å². The van der Waals surface area contributed by atoms with E-state index in [1.54, 1.807) is 6.07 Å². The van der Waals surface area contributed by atoms with Gasteiger partial charge in [-0.2, -0.15) is 0 Å². The van der Waals surface area contributed by atoms with Crippen molar-refractivity contribution in [2.45, 2.75) is 6.61 Å². The van der Waals surface area contributed by atoms with E-state index >= 15 is 0 Å². The number of anilines is 1. The molecule has 0 saturated carbocycles. The third-order valence-corrected chi connectivity index (χ3v) is 3.11. The van der Waals surface area contributed by atoms with Gasteiger partial charge in [-0.05, 0) is 35.9 Å². The lowest BCUT2D eigenvalue weighted by atomic mass is 10.2. The number of benzene rings is 2. The summed E-state index contributed by atoms with van der Waals surface area (Å²) in [4.78, 5) is 0. The van der Waals surface area contributed by atoms with Gasteiger partial charge in [0.1, 0.15) is 5.82 Å². The zero-order valence-corrected chi connectivity index (χ0v) is 12.0. The van der Waals surface area contributed by atoms with Gasteiger partial charge < -0.3 is 10.1 Å². The van der Waals surface area contributed by atoms with Gasteiger partial charge >= 0.3 is 0 Å². The molecule has 0 aliphatic rings. The first-order valence-electron chi connectivity index (χ1n) is 6.06. The number of nitrogens with one attached hydrogen (secondary N) is 1. The first-order valence-corrected chi connectivity index (χ1v) is 6.85. The Morgan fingerprint density at radius 3 is 2.63 bits per heavy atom. The summed E-state index contributed by atoms with van der Waals surface area (Å²) in [5.41, 5.74) is 1.90. The van der Waals surface area contributed by atoms with E-state index in [-0.39, 0.29) is 5.82 Å². The highest BCUT2D eigenvalue weighted by molar-refractivity contribution is 9.10. The zero-order valence-electron chi connectivity index (χ0n) is 10.4. The maximum absolute atomic E-state index is 12.9. The summed E-state index contributed by atoms with van der Waals surface area (Å²) >= 11 is 3.39. The summed E-state index contributed by atoms with van der Waals surface area (Å²) in [6.07, 6.45) is 0. The fraction of sp³-hybridized carbons (Fsp3) is 0.200. The second-order valence-corrected chi connectivity index (χ2v) is 5.03. The predicted molar refractivity (Wildman–Crippen MR) is 78.7 cm³/mol. The highest BCUT2D eigenvalue weighted by atomic mass is 79.9. The number of rotatable bonds is 6. The molecule has 0 saturated heterocycles. The summed E-state index contributed by atoms with van der Waals surface area (Å²) in [5, 5.41) is 3.11. The molecule has 2 rings (SSSR count). The monoisotopic (exact) mass is 323 g/mol. The SMILES string of the molecule is Fc1cccc(NCCOCc2ccc(Br)cc2)c1. The lowest BCUT2D eigenvalue weighted by Gasteiger charge is -2.07. The van der Waals surface area contributed by atoms with E-state index in [1.165, 1.54) is 12.1 Å². The summed E-state index contributed by atoms with van der Waals surface area (Å²) in [6, 6.07) is 14.4. The van der Waals surface area contributed by atoms with Crippen LogP contribution in [0.15, 0.2) is 53.0 Å². The molecule has 19 heavy (non-hydrogen) atoms. The molecule has 0 bridgehead atoms. The minimum Gasteiger partial charge on any atom is -0.383 e. The molecule has 2 aromatic carbocycles. The molecule has 0 unspecified atom stereocenters. The average molecular weight is 324 g/mol. The van der Waals surface area contributed by atoms with Crippen LogP contribution in [0.1, 0.15) is 5.56 Å². The Balaban J connectivity index is 1.66. The van der Waals surface area contributed by atoms with Crippen molar-refractivity contribution in [2.75, 3.05) is 18.5 Å². The summed E-state index contributed by atoms with van der Waals surface area (Å²) in [6.45, 7) is 1.81. The molecule has 0 radical (unpaired) electrons. The van der Waals surface area contributed by atoms with Gasteiger partial charge in [0.25, 0.3) is 0 Å². The molecular formula is C15H15BrFNO. The van der Waals surface area contributed by atoms with E-state index in [1.807, 2.05) is 30.3 Å². The molecule has 2 nitrogen and oxygen atoms in total. The van der Waals surface area contributed by atoms with Gasteiger partial charge in [-0.3, -0.25) is 0 Å². The molecule has 2 aromatic rings. The van der Waals surface area contributed by atoms with Crippen molar-refractivity contribution in [1.82, 2.24) is 0 Å². The number of ether oxygens (including phenoxy) is 1. The Labute approximate surface area is 120 Å². The van der Waals surface area contributed by atoms with Crippen molar-refractivity contribution in [3.05, 3.63) is 64.4 Å². The summed E-state index contributed by atoms with van der Waals surface area (Å²) in [5.74, 6) is -0.235. The second kappa shape index (κ2) is 7.26. The van der Waals surface area contributed by atoms with Crippen LogP contribution in [0.4, 0.5) is 10.1 Å². The van der Waals surface area contributed by atoms with Crippen LogP contribution in [0.2, 0.25) is 0 Å². The van der Waals surface area contributed by atoms with Gasteiger partial charge in [-0.25, -0.2) is 4.39 Å². The highest BCUT2D eigenvalue weighted by Crippen LogP contribution is 2.11. The first-order chi connectivity index (χ1) is 9.24. The van der Waals surface area contributed by atoms with Crippen LogP contribution in [-0.2, 0) is 11.3 Å². The second-order valence-electron chi connectivity index (χ2n) is 4.12. The van der Waals surface area contributed by atoms with E-state index in [9.17, 15) is 4.39 Å². The topological polar surface area (TPSA) is 21.3 Å². The smallest absolute Gasteiger partial charge is 0.125 e. The molecule has 0 fully saturated rings. The van der Waals surface area contributed by atoms with Crippen LogP contribution in [-0.4, -0.2) is 13.2 Å². The van der Waals surface area contributed by atoms with Crippen molar-refractivity contribution >= 4 is 21.6 Å². The van der Waals surface area contributed by atoms with Crippen molar-refractivity contribution in [2.24, 2.45) is 0 Å². The van der Waals surface area contributed by atoms with E-state index < -0.39 is 0 Å². The zero-order chi connectivity index (χ0) is 13.5. The Hall–Kier alpha value is -1.39. The Kier molecular flexibility index (Phi) is 5.36. The molecule has 0 heterocycles. The minimum absolute atomic E-state index is 0.235. The third-order valence-electron chi connectivity index (χ3n) is 2.58. The van der Waals surface area contributed by atoms with Gasteiger partial charge in [-0.15, -0.1) is 0 Å². The van der Waals surface area contributed by atoms with Crippen LogP contribution in [0.3, 0.4) is 0 Å². The van der Waals surface area contributed by atoms with E-state index in [0.29, 0.717) is 19.8 Å².